The second-order valence-corrected chi connectivity index (χ2v) is 5.45. The maximum absolute atomic E-state index is 12.6. The maximum Gasteiger partial charge on any atom is 0.328 e. The van der Waals surface area contributed by atoms with Gasteiger partial charge in [0.2, 0.25) is 5.91 Å². The molecule has 2 heterocycles. The number of rotatable bonds is 2. The molecule has 0 aromatic rings. The Morgan fingerprint density at radius 2 is 2.00 bits per heavy atom. The number of aliphatic hydroxyl groups is 1. The summed E-state index contributed by atoms with van der Waals surface area (Å²) in [5, 5.41) is 21.1. The zero-order valence-electron chi connectivity index (χ0n) is 11.8. The SMILES string of the molecule is O=C1CN(C(=O)N2CCCCCC2CO)C(C(=O)O)CN1. The molecule has 8 heteroatoms. The second-order valence-electron chi connectivity index (χ2n) is 5.45. The van der Waals surface area contributed by atoms with E-state index >= 15 is 0 Å². The summed E-state index contributed by atoms with van der Waals surface area (Å²) in [5.41, 5.74) is 0. The Hall–Kier alpha value is -1.83. The predicted octanol–water partition coefficient (Wildman–Crippen LogP) is -0.772. The highest BCUT2D eigenvalue weighted by atomic mass is 16.4. The molecule has 2 aliphatic heterocycles. The number of carboxylic acids is 1. The van der Waals surface area contributed by atoms with Crippen molar-refractivity contribution in [1.82, 2.24) is 15.1 Å². The van der Waals surface area contributed by atoms with Gasteiger partial charge in [-0.3, -0.25) is 9.69 Å². The van der Waals surface area contributed by atoms with Crippen LogP contribution in [0.15, 0.2) is 0 Å². The van der Waals surface area contributed by atoms with E-state index < -0.39 is 18.0 Å². The summed E-state index contributed by atoms with van der Waals surface area (Å²) in [5.74, 6) is -1.50. The summed E-state index contributed by atoms with van der Waals surface area (Å²) in [6.07, 6.45) is 3.42. The molecule has 8 nitrogen and oxygen atoms in total. The van der Waals surface area contributed by atoms with E-state index in [1.54, 1.807) is 0 Å². The highest BCUT2D eigenvalue weighted by Crippen LogP contribution is 2.19. The molecule has 0 aromatic carbocycles. The van der Waals surface area contributed by atoms with Crippen LogP contribution in [0.25, 0.3) is 0 Å². The normalized spacial score (nSPS) is 27.0. The van der Waals surface area contributed by atoms with Crippen LogP contribution in [0.1, 0.15) is 25.7 Å². The molecular weight excluding hydrogens is 278 g/mol. The third-order valence-electron chi connectivity index (χ3n) is 4.05. The van der Waals surface area contributed by atoms with Crippen molar-refractivity contribution in [2.45, 2.75) is 37.8 Å². The van der Waals surface area contributed by atoms with E-state index in [1.165, 1.54) is 4.90 Å². The molecule has 0 radical (unpaired) electrons. The molecule has 0 aromatic heterocycles. The number of carbonyl (C=O) groups excluding carboxylic acids is 2. The van der Waals surface area contributed by atoms with E-state index in [4.69, 9.17) is 0 Å². The monoisotopic (exact) mass is 299 g/mol. The van der Waals surface area contributed by atoms with Gasteiger partial charge in [-0.2, -0.15) is 0 Å². The molecule has 3 N–H and O–H groups in total. The zero-order chi connectivity index (χ0) is 15.4. The Balaban J connectivity index is 2.17. The van der Waals surface area contributed by atoms with Crippen LogP contribution >= 0.6 is 0 Å². The van der Waals surface area contributed by atoms with Crippen molar-refractivity contribution >= 4 is 17.9 Å². The van der Waals surface area contributed by atoms with E-state index in [1.807, 2.05) is 0 Å². The summed E-state index contributed by atoms with van der Waals surface area (Å²) in [4.78, 5) is 38.0. The first-order valence-corrected chi connectivity index (χ1v) is 7.22. The lowest BCUT2D eigenvalue weighted by atomic mass is 10.1. The van der Waals surface area contributed by atoms with Crippen molar-refractivity contribution in [3.8, 4) is 0 Å². The molecule has 2 unspecified atom stereocenters. The van der Waals surface area contributed by atoms with Gasteiger partial charge in [-0.25, -0.2) is 9.59 Å². The number of likely N-dealkylation sites (tertiary alicyclic amines) is 1. The number of nitrogens with zero attached hydrogens (tertiary/aromatic N) is 2. The molecule has 2 aliphatic rings. The standard InChI is InChI=1S/C13H21N3O5/c17-8-9-4-2-1-3-5-15(9)13(21)16-7-11(18)14-6-10(16)12(19)20/h9-10,17H,1-8H2,(H,14,18)(H,19,20). The fraction of sp³-hybridized carbons (Fsp3) is 0.769. The Morgan fingerprint density at radius 1 is 1.24 bits per heavy atom. The minimum Gasteiger partial charge on any atom is -0.480 e. The number of carboxylic acid groups (broad SMARTS) is 1. The number of amides is 3. The average Bonchev–Trinajstić information content (AvgIpc) is 2.71. The number of hydrogen-bond donors (Lipinski definition) is 3. The van der Waals surface area contributed by atoms with Gasteiger partial charge in [-0.1, -0.05) is 12.8 Å². The number of piperazine rings is 1. The van der Waals surface area contributed by atoms with Gasteiger partial charge >= 0.3 is 12.0 Å². The summed E-state index contributed by atoms with van der Waals surface area (Å²) in [6, 6.07) is -1.84. The molecule has 21 heavy (non-hydrogen) atoms. The molecular formula is C13H21N3O5. The Bertz CT molecular complexity index is 428. The smallest absolute Gasteiger partial charge is 0.328 e. The van der Waals surface area contributed by atoms with Gasteiger partial charge in [0.05, 0.1) is 12.6 Å². The first-order valence-electron chi connectivity index (χ1n) is 7.22. The fourth-order valence-electron chi connectivity index (χ4n) is 2.85. The molecule has 0 bridgehead atoms. The highest BCUT2D eigenvalue weighted by molar-refractivity contribution is 5.90. The molecule has 0 saturated carbocycles. The topological polar surface area (TPSA) is 110 Å². The van der Waals surface area contributed by atoms with Crippen LogP contribution in [0.4, 0.5) is 4.79 Å². The van der Waals surface area contributed by atoms with Crippen LogP contribution in [0.3, 0.4) is 0 Å². The van der Waals surface area contributed by atoms with Gasteiger partial charge in [-0.15, -0.1) is 0 Å². The van der Waals surface area contributed by atoms with Crippen molar-refractivity contribution < 1.29 is 24.6 Å². The van der Waals surface area contributed by atoms with Gasteiger partial charge in [0.25, 0.3) is 0 Å². The zero-order valence-corrected chi connectivity index (χ0v) is 11.8. The lowest BCUT2D eigenvalue weighted by Crippen LogP contribution is -2.63. The van der Waals surface area contributed by atoms with Crippen LogP contribution in [0.2, 0.25) is 0 Å². The predicted molar refractivity (Wildman–Crippen MR) is 72.6 cm³/mol. The second kappa shape index (κ2) is 6.75. The molecule has 2 fully saturated rings. The van der Waals surface area contributed by atoms with E-state index in [0.29, 0.717) is 13.0 Å². The number of urea groups is 1. The summed E-state index contributed by atoms with van der Waals surface area (Å²) in [6.45, 7) is -0.0139. The Labute approximate surface area is 122 Å². The summed E-state index contributed by atoms with van der Waals surface area (Å²) in [7, 11) is 0. The quantitative estimate of drug-likeness (QED) is 0.620. The van der Waals surface area contributed by atoms with E-state index in [9.17, 15) is 24.6 Å². The average molecular weight is 299 g/mol. The van der Waals surface area contributed by atoms with E-state index in [-0.39, 0.29) is 31.6 Å². The number of hydrogen-bond acceptors (Lipinski definition) is 4. The molecule has 2 atom stereocenters. The van der Waals surface area contributed by atoms with Gasteiger partial charge in [-0.05, 0) is 12.8 Å². The largest absolute Gasteiger partial charge is 0.480 e. The number of nitrogens with one attached hydrogen (secondary N) is 1. The van der Waals surface area contributed by atoms with Crippen LogP contribution in [0, 0.1) is 0 Å². The van der Waals surface area contributed by atoms with Crippen LogP contribution in [0.5, 0.6) is 0 Å². The molecule has 3 amide bonds. The summed E-state index contributed by atoms with van der Waals surface area (Å²) < 4.78 is 0. The van der Waals surface area contributed by atoms with Crippen LogP contribution in [-0.2, 0) is 9.59 Å². The Morgan fingerprint density at radius 3 is 2.67 bits per heavy atom. The molecule has 0 spiro atoms. The first-order chi connectivity index (χ1) is 10.0. The molecule has 2 rings (SSSR count). The molecule has 0 aliphatic carbocycles. The minimum atomic E-state index is -1.14. The van der Waals surface area contributed by atoms with Crippen LogP contribution < -0.4 is 5.32 Å². The van der Waals surface area contributed by atoms with Crippen molar-refractivity contribution in [2.75, 3.05) is 26.2 Å². The van der Waals surface area contributed by atoms with E-state index in [2.05, 4.69) is 5.32 Å². The van der Waals surface area contributed by atoms with Crippen molar-refractivity contribution in [3.63, 3.8) is 0 Å². The number of aliphatic carboxylic acids is 1. The molecule has 2 saturated heterocycles. The van der Waals surface area contributed by atoms with Gasteiger partial charge in [0, 0.05) is 13.1 Å². The third-order valence-corrected chi connectivity index (χ3v) is 4.05. The lowest BCUT2D eigenvalue weighted by molar-refractivity contribution is -0.144. The minimum absolute atomic E-state index is 0.0858. The van der Waals surface area contributed by atoms with Gasteiger partial charge in [0.15, 0.2) is 0 Å². The number of carbonyl (C=O) groups is 3. The highest BCUT2D eigenvalue weighted by Gasteiger charge is 2.39. The maximum atomic E-state index is 12.6. The first kappa shape index (κ1) is 15.6. The lowest BCUT2D eigenvalue weighted by Gasteiger charge is -2.38. The Kier molecular flexibility index (Phi) is 5.00. The fourth-order valence-corrected chi connectivity index (χ4v) is 2.85. The van der Waals surface area contributed by atoms with Crippen molar-refractivity contribution in [2.24, 2.45) is 0 Å². The third kappa shape index (κ3) is 3.44. The van der Waals surface area contributed by atoms with Crippen molar-refractivity contribution in [3.05, 3.63) is 0 Å². The van der Waals surface area contributed by atoms with Crippen LogP contribution in [-0.4, -0.2) is 76.2 Å². The summed E-state index contributed by atoms with van der Waals surface area (Å²) >= 11 is 0. The van der Waals surface area contributed by atoms with Gasteiger partial charge in [0.1, 0.15) is 12.6 Å². The molecule has 118 valence electrons. The van der Waals surface area contributed by atoms with E-state index in [0.717, 1.165) is 24.2 Å². The number of aliphatic hydroxyl groups excluding tert-OH is 1. The van der Waals surface area contributed by atoms with Crippen molar-refractivity contribution in [1.29, 1.82) is 0 Å². The van der Waals surface area contributed by atoms with Gasteiger partial charge < -0.3 is 20.4 Å².